The fraction of sp³-hybridized carbons (Fsp3) is 0.706. The van der Waals surface area contributed by atoms with Gasteiger partial charge in [-0.3, -0.25) is 0 Å². The van der Waals surface area contributed by atoms with E-state index in [0.717, 1.165) is 44.6 Å². The van der Waals surface area contributed by atoms with E-state index >= 15 is 0 Å². The van der Waals surface area contributed by atoms with Gasteiger partial charge in [-0.1, -0.05) is 32.8 Å². The molecule has 118 valence electrons. The maximum absolute atomic E-state index is 10.5. The van der Waals surface area contributed by atoms with Crippen LogP contribution in [-0.2, 0) is 6.54 Å². The second-order valence-electron chi connectivity index (χ2n) is 6.84. The third kappa shape index (κ3) is 4.97. The summed E-state index contributed by atoms with van der Waals surface area (Å²) in [5, 5.41) is 13.9. The molecule has 0 bridgehead atoms. The van der Waals surface area contributed by atoms with Gasteiger partial charge in [0.25, 0.3) is 0 Å². The SMILES string of the molecule is CC(C)CNCc1ccc(N(C)CC2(O)CCCC2)nc1. The lowest BCUT2D eigenvalue weighted by Crippen LogP contribution is -2.39. The van der Waals surface area contributed by atoms with Crippen LogP contribution in [0.5, 0.6) is 0 Å². The minimum Gasteiger partial charge on any atom is -0.388 e. The zero-order valence-electron chi connectivity index (χ0n) is 13.6. The number of hydrogen-bond donors (Lipinski definition) is 2. The fourth-order valence-corrected chi connectivity index (χ4v) is 2.97. The molecule has 1 aliphatic carbocycles. The van der Waals surface area contributed by atoms with E-state index in [1.807, 2.05) is 19.3 Å². The molecule has 0 saturated heterocycles. The zero-order valence-corrected chi connectivity index (χ0v) is 13.6. The topological polar surface area (TPSA) is 48.4 Å². The first kappa shape index (κ1) is 16.2. The van der Waals surface area contributed by atoms with Crippen molar-refractivity contribution in [2.75, 3.05) is 25.0 Å². The molecule has 0 amide bonds. The van der Waals surface area contributed by atoms with Crippen molar-refractivity contribution >= 4 is 5.82 Å². The summed E-state index contributed by atoms with van der Waals surface area (Å²) < 4.78 is 0. The molecule has 2 N–H and O–H groups in total. The van der Waals surface area contributed by atoms with E-state index in [4.69, 9.17) is 0 Å². The van der Waals surface area contributed by atoms with E-state index in [-0.39, 0.29) is 0 Å². The highest BCUT2D eigenvalue weighted by molar-refractivity contribution is 5.39. The molecule has 1 fully saturated rings. The molecule has 4 nitrogen and oxygen atoms in total. The van der Waals surface area contributed by atoms with Crippen LogP contribution in [0.3, 0.4) is 0 Å². The highest BCUT2D eigenvalue weighted by Crippen LogP contribution is 2.30. The van der Waals surface area contributed by atoms with Crippen LogP contribution < -0.4 is 10.2 Å². The number of aromatic nitrogens is 1. The summed E-state index contributed by atoms with van der Waals surface area (Å²) in [5.74, 6) is 1.60. The van der Waals surface area contributed by atoms with Gasteiger partial charge in [0, 0.05) is 26.3 Å². The van der Waals surface area contributed by atoms with Gasteiger partial charge >= 0.3 is 0 Å². The molecule has 21 heavy (non-hydrogen) atoms. The third-order valence-electron chi connectivity index (χ3n) is 4.15. The highest BCUT2D eigenvalue weighted by atomic mass is 16.3. The monoisotopic (exact) mass is 291 g/mol. The number of nitrogens with one attached hydrogen (secondary N) is 1. The maximum atomic E-state index is 10.5. The standard InChI is InChI=1S/C17H29N3O/c1-14(2)10-18-11-15-6-7-16(19-12-15)20(3)13-17(21)8-4-5-9-17/h6-7,12,14,18,21H,4-5,8-11,13H2,1-3H3. The van der Waals surface area contributed by atoms with Gasteiger partial charge in [-0.15, -0.1) is 0 Å². The number of likely N-dealkylation sites (N-methyl/N-ethyl adjacent to an activating group) is 1. The summed E-state index contributed by atoms with van der Waals surface area (Å²) in [6.45, 7) is 6.97. The lowest BCUT2D eigenvalue weighted by atomic mass is 10.0. The van der Waals surface area contributed by atoms with Crippen molar-refractivity contribution in [2.24, 2.45) is 5.92 Å². The van der Waals surface area contributed by atoms with E-state index in [1.54, 1.807) is 0 Å². The van der Waals surface area contributed by atoms with Gasteiger partial charge in [0.2, 0.25) is 0 Å². The van der Waals surface area contributed by atoms with Crippen LogP contribution in [0.1, 0.15) is 45.1 Å². The zero-order chi connectivity index (χ0) is 15.3. The number of hydrogen-bond acceptors (Lipinski definition) is 4. The molecule has 0 aliphatic heterocycles. The van der Waals surface area contributed by atoms with Crippen molar-refractivity contribution in [2.45, 2.75) is 51.7 Å². The van der Waals surface area contributed by atoms with Gasteiger partial charge in [0.05, 0.1) is 5.60 Å². The molecule has 4 heteroatoms. The van der Waals surface area contributed by atoms with E-state index in [9.17, 15) is 5.11 Å². The molecule has 1 heterocycles. The van der Waals surface area contributed by atoms with Crippen LogP contribution in [0.15, 0.2) is 18.3 Å². The second-order valence-corrected chi connectivity index (χ2v) is 6.84. The summed E-state index contributed by atoms with van der Waals surface area (Å²) in [4.78, 5) is 6.59. The number of nitrogens with zero attached hydrogens (tertiary/aromatic N) is 2. The summed E-state index contributed by atoms with van der Waals surface area (Å²) in [7, 11) is 2.01. The second kappa shape index (κ2) is 7.23. The van der Waals surface area contributed by atoms with Crippen molar-refractivity contribution in [3.63, 3.8) is 0 Å². The summed E-state index contributed by atoms with van der Waals surface area (Å²) in [6, 6.07) is 4.16. The molecule has 0 radical (unpaired) electrons. The van der Waals surface area contributed by atoms with Gasteiger partial charge in [0.1, 0.15) is 5.82 Å². The number of anilines is 1. The van der Waals surface area contributed by atoms with E-state index in [1.165, 1.54) is 5.56 Å². The number of aliphatic hydroxyl groups is 1. The van der Waals surface area contributed by atoms with Crippen LogP contribution in [0.4, 0.5) is 5.82 Å². The first-order valence-electron chi connectivity index (χ1n) is 8.08. The van der Waals surface area contributed by atoms with Crippen LogP contribution in [-0.4, -0.2) is 35.8 Å². The molecule has 0 unspecified atom stereocenters. The average Bonchev–Trinajstić information content (AvgIpc) is 2.85. The molecule has 0 atom stereocenters. The van der Waals surface area contributed by atoms with Crippen LogP contribution in [0.25, 0.3) is 0 Å². The molecule has 1 saturated carbocycles. The Morgan fingerprint density at radius 3 is 2.62 bits per heavy atom. The Morgan fingerprint density at radius 1 is 1.33 bits per heavy atom. The minimum absolute atomic E-state index is 0.520. The van der Waals surface area contributed by atoms with Crippen molar-refractivity contribution in [3.05, 3.63) is 23.9 Å². The Labute approximate surface area is 128 Å². The summed E-state index contributed by atoms with van der Waals surface area (Å²) in [6.07, 6.45) is 6.03. The number of rotatable bonds is 7. The predicted molar refractivity (Wildman–Crippen MR) is 87.5 cm³/mol. The minimum atomic E-state index is -0.520. The Balaban J connectivity index is 1.86. The first-order chi connectivity index (χ1) is 9.98. The van der Waals surface area contributed by atoms with Crippen molar-refractivity contribution in [1.82, 2.24) is 10.3 Å². The van der Waals surface area contributed by atoms with E-state index in [2.05, 4.69) is 35.1 Å². The Hall–Kier alpha value is -1.13. The van der Waals surface area contributed by atoms with Crippen LogP contribution in [0.2, 0.25) is 0 Å². The molecule has 2 rings (SSSR count). The van der Waals surface area contributed by atoms with Gasteiger partial charge in [-0.25, -0.2) is 4.98 Å². The molecule has 1 aromatic heterocycles. The van der Waals surface area contributed by atoms with E-state index in [0.29, 0.717) is 12.5 Å². The van der Waals surface area contributed by atoms with Gasteiger partial charge < -0.3 is 15.3 Å². The Morgan fingerprint density at radius 2 is 2.05 bits per heavy atom. The molecular weight excluding hydrogens is 262 g/mol. The molecule has 0 spiro atoms. The van der Waals surface area contributed by atoms with Crippen LogP contribution in [0, 0.1) is 5.92 Å². The molecular formula is C17H29N3O. The number of pyridine rings is 1. The van der Waals surface area contributed by atoms with Crippen molar-refractivity contribution in [3.8, 4) is 0 Å². The largest absolute Gasteiger partial charge is 0.388 e. The normalized spacial score (nSPS) is 17.4. The van der Waals surface area contributed by atoms with Crippen LogP contribution >= 0.6 is 0 Å². The van der Waals surface area contributed by atoms with E-state index < -0.39 is 5.60 Å². The quantitative estimate of drug-likeness (QED) is 0.810. The summed E-state index contributed by atoms with van der Waals surface area (Å²) >= 11 is 0. The van der Waals surface area contributed by atoms with Gasteiger partial charge in [-0.2, -0.15) is 0 Å². The fourth-order valence-electron chi connectivity index (χ4n) is 2.97. The van der Waals surface area contributed by atoms with Gasteiger partial charge in [-0.05, 0) is 36.9 Å². The predicted octanol–water partition coefficient (Wildman–Crippen LogP) is 2.57. The van der Waals surface area contributed by atoms with Gasteiger partial charge in [0.15, 0.2) is 0 Å². The maximum Gasteiger partial charge on any atom is 0.128 e. The Kier molecular flexibility index (Phi) is 5.59. The lowest BCUT2D eigenvalue weighted by Gasteiger charge is -2.29. The lowest BCUT2D eigenvalue weighted by molar-refractivity contribution is 0.0558. The molecule has 1 aliphatic rings. The molecule has 1 aromatic rings. The summed E-state index contributed by atoms with van der Waals surface area (Å²) in [5.41, 5.74) is 0.681. The average molecular weight is 291 g/mol. The smallest absolute Gasteiger partial charge is 0.128 e. The Bertz CT molecular complexity index is 424. The van der Waals surface area contributed by atoms with Crippen molar-refractivity contribution < 1.29 is 5.11 Å². The third-order valence-corrected chi connectivity index (χ3v) is 4.15. The molecule has 0 aromatic carbocycles. The van der Waals surface area contributed by atoms with Crippen molar-refractivity contribution in [1.29, 1.82) is 0 Å². The highest BCUT2D eigenvalue weighted by Gasteiger charge is 2.32. The first-order valence-corrected chi connectivity index (χ1v) is 8.08.